The van der Waals surface area contributed by atoms with Gasteiger partial charge in [0, 0.05) is 6.42 Å². The minimum absolute atomic E-state index is 0.353. The van der Waals surface area contributed by atoms with E-state index in [1.54, 1.807) is 0 Å². The van der Waals surface area contributed by atoms with Crippen molar-refractivity contribution in [3.63, 3.8) is 0 Å². The van der Waals surface area contributed by atoms with Gasteiger partial charge in [-0.05, 0) is 11.1 Å². The molecule has 1 aromatic rings. The van der Waals surface area contributed by atoms with Crippen LogP contribution in [0.3, 0.4) is 0 Å². The third-order valence-corrected chi connectivity index (χ3v) is 2.66. The molecule has 0 aliphatic heterocycles. The molecule has 0 heterocycles. The van der Waals surface area contributed by atoms with E-state index in [0.29, 0.717) is 6.42 Å². The summed E-state index contributed by atoms with van der Waals surface area (Å²) in [5, 5.41) is 12.4. The number of amides is 1. The van der Waals surface area contributed by atoms with Crippen LogP contribution in [-0.2, 0) is 11.2 Å². The predicted molar refractivity (Wildman–Crippen MR) is 54.4 cm³/mol. The molecular weight excluding hydrogens is 194 g/mol. The van der Waals surface area contributed by atoms with E-state index in [1.807, 2.05) is 24.3 Å². The average Bonchev–Trinajstić information content (AvgIpc) is 2.55. The number of carbonyl (C=O) groups is 1. The number of benzene rings is 1. The summed E-state index contributed by atoms with van der Waals surface area (Å²) in [6.07, 6.45) is -0.512. The molecule has 2 atom stereocenters. The molecule has 80 valence electrons. The minimum Gasteiger partial charge on any atom is -0.453 e. The van der Waals surface area contributed by atoms with Gasteiger partial charge in [0.15, 0.2) is 0 Å². The first-order valence-electron chi connectivity index (χ1n) is 4.82. The summed E-state index contributed by atoms with van der Waals surface area (Å²) in [4.78, 5) is 11.1. The van der Waals surface area contributed by atoms with E-state index in [1.165, 1.54) is 7.11 Å². The molecule has 0 aromatic heterocycles. The first-order valence-corrected chi connectivity index (χ1v) is 4.82. The maximum absolute atomic E-state index is 11.1. The van der Waals surface area contributed by atoms with Crippen LogP contribution >= 0.6 is 0 Å². The second-order valence-corrected chi connectivity index (χ2v) is 3.58. The highest BCUT2D eigenvalue weighted by atomic mass is 16.5. The fraction of sp³-hybridized carbons (Fsp3) is 0.364. The van der Waals surface area contributed by atoms with Crippen molar-refractivity contribution in [2.75, 3.05) is 7.11 Å². The molecule has 0 saturated carbocycles. The van der Waals surface area contributed by atoms with Crippen molar-refractivity contribution in [2.45, 2.75) is 18.6 Å². The molecule has 1 amide bonds. The van der Waals surface area contributed by atoms with Gasteiger partial charge in [0.2, 0.25) is 0 Å². The van der Waals surface area contributed by atoms with Crippen molar-refractivity contribution in [3.8, 4) is 0 Å². The van der Waals surface area contributed by atoms with Gasteiger partial charge in [-0.15, -0.1) is 0 Å². The summed E-state index contributed by atoms with van der Waals surface area (Å²) in [5.74, 6) is 0. The van der Waals surface area contributed by atoms with Crippen molar-refractivity contribution in [2.24, 2.45) is 0 Å². The van der Waals surface area contributed by atoms with Crippen molar-refractivity contribution in [1.82, 2.24) is 5.32 Å². The highest BCUT2D eigenvalue weighted by Crippen LogP contribution is 2.31. The van der Waals surface area contributed by atoms with Crippen LogP contribution in [0.2, 0.25) is 0 Å². The Morgan fingerprint density at radius 3 is 3.00 bits per heavy atom. The molecule has 2 rings (SSSR count). The topological polar surface area (TPSA) is 58.6 Å². The highest BCUT2D eigenvalue weighted by molar-refractivity contribution is 5.68. The first-order chi connectivity index (χ1) is 7.22. The zero-order valence-electron chi connectivity index (χ0n) is 8.43. The first kappa shape index (κ1) is 9.98. The molecule has 1 aliphatic rings. The van der Waals surface area contributed by atoms with E-state index in [4.69, 9.17) is 0 Å². The van der Waals surface area contributed by atoms with Gasteiger partial charge in [0.05, 0.1) is 19.3 Å². The van der Waals surface area contributed by atoms with Crippen molar-refractivity contribution in [1.29, 1.82) is 0 Å². The van der Waals surface area contributed by atoms with Gasteiger partial charge in [-0.1, -0.05) is 24.3 Å². The molecule has 4 nitrogen and oxygen atoms in total. The summed E-state index contributed by atoms with van der Waals surface area (Å²) in [6.45, 7) is 0. The van der Waals surface area contributed by atoms with E-state index in [2.05, 4.69) is 10.1 Å². The molecule has 1 aliphatic carbocycles. The Morgan fingerprint density at radius 2 is 2.27 bits per heavy atom. The van der Waals surface area contributed by atoms with Crippen LogP contribution < -0.4 is 5.32 Å². The Labute approximate surface area is 87.9 Å². The lowest BCUT2D eigenvalue weighted by atomic mass is 10.1. The van der Waals surface area contributed by atoms with Gasteiger partial charge in [-0.25, -0.2) is 4.79 Å². The Kier molecular flexibility index (Phi) is 2.60. The molecule has 0 spiro atoms. The number of carbonyl (C=O) groups excluding carboxylic acids is 1. The zero-order chi connectivity index (χ0) is 10.8. The standard InChI is InChI=1S/C11H13NO3/c1-15-11(14)12-10-8-5-3-2-4-7(8)6-9(10)13/h2-5,9-10,13H,6H2,1H3,(H,12,14). The summed E-state index contributed by atoms with van der Waals surface area (Å²) < 4.78 is 4.51. The number of hydrogen-bond acceptors (Lipinski definition) is 3. The fourth-order valence-electron chi connectivity index (χ4n) is 1.93. The zero-order valence-corrected chi connectivity index (χ0v) is 8.43. The number of aliphatic hydroxyl groups is 1. The normalized spacial score (nSPS) is 23.3. The number of nitrogens with one attached hydrogen (secondary N) is 1. The molecule has 0 saturated heterocycles. The van der Waals surface area contributed by atoms with E-state index in [9.17, 15) is 9.90 Å². The predicted octanol–water partition coefficient (Wildman–Crippen LogP) is 1.00. The SMILES string of the molecule is COC(=O)NC1c2ccccc2CC1O. The molecule has 4 heteroatoms. The molecule has 2 N–H and O–H groups in total. The van der Waals surface area contributed by atoms with Crippen LogP contribution in [0.15, 0.2) is 24.3 Å². The Bertz CT molecular complexity index is 378. The lowest BCUT2D eigenvalue weighted by molar-refractivity contribution is 0.123. The van der Waals surface area contributed by atoms with E-state index < -0.39 is 12.2 Å². The Hall–Kier alpha value is -1.55. The lowest BCUT2D eigenvalue weighted by Gasteiger charge is -2.16. The maximum Gasteiger partial charge on any atom is 0.407 e. The quantitative estimate of drug-likeness (QED) is 0.722. The van der Waals surface area contributed by atoms with Gasteiger partial charge in [0.1, 0.15) is 0 Å². The van der Waals surface area contributed by atoms with Gasteiger partial charge >= 0.3 is 6.09 Å². The Morgan fingerprint density at radius 1 is 1.53 bits per heavy atom. The van der Waals surface area contributed by atoms with Crippen LogP contribution in [0.1, 0.15) is 17.2 Å². The van der Waals surface area contributed by atoms with E-state index >= 15 is 0 Å². The molecule has 1 aromatic carbocycles. The molecular formula is C11H13NO3. The van der Waals surface area contributed by atoms with E-state index in [0.717, 1.165) is 11.1 Å². The van der Waals surface area contributed by atoms with Gasteiger partial charge in [-0.3, -0.25) is 0 Å². The Balaban J connectivity index is 2.22. The van der Waals surface area contributed by atoms with Crippen molar-refractivity contribution in [3.05, 3.63) is 35.4 Å². The molecule has 0 radical (unpaired) electrons. The second-order valence-electron chi connectivity index (χ2n) is 3.58. The monoisotopic (exact) mass is 207 g/mol. The van der Waals surface area contributed by atoms with E-state index in [-0.39, 0.29) is 6.04 Å². The maximum atomic E-state index is 11.1. The molecule has 0 fully saturated rings. The van der Waals surface area contributed by atoms with Gasteiger partial charge in [0.25, 0.3) is 0 Å². The number of aliphatic hydroxyl groups excluding tert-OH is 1. The third-order valence-electron chi connectivity index (χ3n) is 2.66. The number of ether oxygens (including phenoxy) is 1. The largest absolute Gasteiger partial charge is 0.453 e. The number of fused-ring (bicyclic) bond motifs is 1. The average molecular weight is 207 g/mol. The van der Waals surface area contributed by atoms with Crippen LogP contribution in [0, 0.1) is 0 Å². The summed E-state index contributed by atoms with van der Waals surface area (Å²) in [7, 11) is 1.31. The molecule has 0 bridgehead atoms. The van der Waals surface area contributed by atoms with Crippen LogP contribution in [0.5, 0.6) is 0 Å². The van der Waals surface area contributed by atoms with Crippen molar-refractivity contribution < 1.29 is 14.6 Å². The minimum atomic E-state index is -0.568. The van der Waals surface area contributed by atoms with Crippen LogP contribution in [-0.4, -0.2) is 24.4 Å². The summed E-state index contributed by atoms with van der Waals surface area (Å²) in [6, 6.07) is 7.33. The lowest BCUT2D eigenvalue weighted by Crippen LogP contribution is -2.33. The number of alkyl carbamates (subject to hydrolysis) is 1. The second kappa shape index (κ2) is 3.90. The van der Waals surface area contributed by atoms with Crippen LogP contribution in [0.25, 0.3) is 0 Å². The summed E-state index contributed by atoms with van der Waals surface area (Å²) >= 11 is 0. The number of rotatable bonds is 1. The smallest absolute Gasteiger partial charge is 0.407 e. The van der Waals surface area contributed by atoms with Crippen molar-refractivity contribution >= 4 is 6.09 Å². The van der Waals surface area contributed by atoms with Gasteiger partial charge in [-0.2, -0.15) is 0 Å². The highest BCUT2D eigenvalue weighted by Gasteiger charge is 2.31. The number of methoxy groups -OCH3 is 1. The van der Waals surface area contributed by atoms with Crippen LogP contribution in [0.4, 0.5) is 4.79 Å². The third kappa shape index (κ3) is 1.80. The fourth-order valence-corrected chi connectivity index (χ4v) is 1.93. The summed E-state index contributed by atoms with van der Waals surface area (Å²) in [5.41, 5.74) is 2.04. The molecule has 2 unspecified atom stereocenters. The number of hydrogen-bond donors (Lipinski definition) is 2. The molecule has 15 heavy (non-hydrogen) atoms. The van der Waals surface area contributed by atoms with Gasteiger partial charge < -0.3 is 15.2 Å².